The van der Waals surface area contributed by atoms with Gasteiger partial charge >= 0.3 is 6.01 Å². The first-order valence-corrected chi connectivity index (χ1v) is 6.98. The van der Waals surface area contributed by atoms with Gasteiger partial charge in [-0.25, -0.2) is 0 Å². The van der Waals surface area contributed by atoms with Crippen molar-refractivity contribution in [1.82, 2.24) is 24.7 Å². The van der Waals surface area contributed by atoms with Crippen molar-refractivity contribution in [2.45, 2.75) is 27.3 Å². The van der Waals surface area contributed by atoms with Crippen LogP contribution in [0.3, 0.4) is 0 Å². The molecule has 0 radical (unpaired) electrons. The summed E-state index contributed by atoms with van der Waals surface area (Å²) in [6.45, 7) is 7.69. The molecule has 0 aliphatic heterocycles. The third-order valence-corrected chi connectivity index (χ3v) is 2.78. The molecule has 2 rings (SSSR count). The van der Waals surface area contributed by atoms with Crippen molar-refractivity contribution < 1.29 is 4.74 Å². The first-order valence-electron chi connectivity index (χ1n) is 6.98. The molecular formula is C13H21N7O. The number of nitrogens with zero attached hydrogens (tertiary/aromatic N) is 5. The maximum atomic E-state index is 5.35. The molecule has 0 spiro atoms. The van der Waals surface area contributed by atoms with Crippen LogP contribution in [0.4, 0.5) is 11.9 Å². The van der Waals surface area contributed by atoms with E-state index in [4.69, 9.17) is 4.74 Å². The van der Waals surface area contributed by atoms with E-state index < -0.39 is 0 Å². The summed E-state index contributed by atoms with van der Waals surface area (Å²) in [6.07, 6.45) is 1.97. The maximum Gasteiger partial charge on any atom is 0.323 e. The van der Waals surface area contributed by atoms with Crippen molar-refractivity contribution in [2.75, 3.05) is 23.8 Å². The lowest BCUT2D eigenvalue weighted by Crippen LogP contribution is -2.11. The molecule has 0 aliphatic carbocycles. The predicted molar refractivity (Wildman–Crippen MR) is 80.4 cm³/mol. The van der Waals surface area contributed by atoms with Gasteiger partial charge < -0.3 is 15.4 Å². The summed E-state index contributed by atoms with van der Waals surface area (Å²) < 4.78 is 7.14. The van der Waals surface area contributed by atoms with Gasteiger partial charge in [-0.3, -0.25) is 4.68 Å². The van der Waals surface area contributed by atoms with Crippen LogP contribution in [0.2, 0.25) is 0 Å². The van der Waals surface area contributed by atoms with Crippen molar-refractivity contribution in [3.63, 3.8) is 0 Å². The zero-order valence-corrected chi connectivity index (χ0v) is 12.8. The third kappa shape index (κ3) is 4.04. The summed E-state index contributed by atoms with van der Waals surface area (Å²) in [5.74, 6) is 0.981. The van der Waals surface area contributed by atoms with Gasteiger partial charge in [-0.05, 0) is 20.8 Å². The van der Waals surface area contributed by atoms with E-state index in [0.717, 1.165) is 17.8 Å². The van der Waals surface area contributed by atoms with E-state index in [1.165, 1.54) is 0 Å². The zero-order valence-electron chi connectivity index (χ0n) is 12.8. The number of ether oxygens (including phenoxy) is 1. The van der Waals surface area contributed by atoms with Gasteiger partial charge in [-0.15, -0.1) is 0 Å². The highest BCUT2D eigenvalue weighted by molar-refractivity contribution is 5.36. The van der Waals surface area contributed by atoms with Gasteiger partial charge in [0.2, 0.25) is 11.9 Å². The third-order valence-electron chi connectivity index (χ3n) is 2.78. The van der Waals surface area contributed by atoms with E-state index in [0.29, 0.717) is 31.1 Å². The normalized spacial score (nSPS) is 10.5. The highest BCUT2D eigenvalue weighted by atomic mass is 16.5. The van der Waals surface area contributed by atoms with Crippen LogP contribution >= 0.6 is 0 Å². The van der Waals surface area contributed by atoms with Gasteiger partial charge in [0.25, 0.3) is 0 Å². The van der Waals surface area contributed by atoms with Gasteiger partial charge in [-0.2, -0.15) is 20.1 Å². The van der Waals surface area contributed by atoms with Crippen LogP contribution in [0, 0.1) is 6.92 Å². The molecule has 114 valence electrons. The molecule has 0 aliphatic rings. The monoisotopic (exact) mass is 291 g/mol. The fraction of sp³-hybridized carbons (Fsp3) is 0.538. The molecule has 0 fully saturated rings. The Morgan fingerprint density at radius 1 is 1.14 bits per heavy atom. The minimum atomic E-state index is 0.314. The highest BCUT2D eigenvalue weighted by Crippen LogP contribution is 2.13. The fourth-order valence-electron chi connectivity index (χ4n) is 1.86. The van der Waals surface area contributed by atoms with Crippen molar-refractivity contribution in [3.8, 4) is 6.01 Å². The highest BCUT2D eigenvalue weighted by Gasteiger charge is 2.08. The first-order chi connectivity index (χ1) is 10.1. The van der Waals surface area contributed by atoms with Gasteiger partial charge in [-0.1, -0.05) is 0 Å². The molecule has 8 nitrogen and oxygen atoms in total. The van der Waals surface area contributed by atoms with E-state index in [2.05, 4.69) is 30.7 Å². The number of rotatable bonds is 7. The van der Waals surface area contributed by atoms with E-state index in [1.54, 1.807) is 4.68 Å². The average molecular weight is 291 g/mol. The number of anilines is 2. The second kappa shape index (κ2) is 6.87. The van der Waals surface area contributed by atoms with E-state index >= 15 is 0 Å². The van der Waals surface area contributed by atoms with Gasteiger partial charge in [0.1, 0.15) is 0 Å². The SMILES string of the molecule is CCNc1nc(NCc2cn(C)nc2C)nc(OCC)n1. The topological polar surface area (TPSA) is 89.8 Å². The van der Waals surface area contributed by atoms with Gasteiger partial charge in [0, 0.05) is 31.9 Å². The molecule has 21 heavy (non-hydrogen) atoms. The summed E-state index contributed by atoms with van der Waals surface area (Å²) in [6, 6.07) is 0.314. The van der Waals surface area contributed by atoms with Gasteiger partial charge in [0.15, 0.2) is 0 Å². The molecule has 0 amide bonds. The van der Waals surface area contributed by atoms with E-state index in [9.17, 15) is 0 Å². The molecule has 0 unspecified atom stereocenters. The minimum absolute atomic E-state index is 0.314. The molecule has 0 saturated carbocycles. The van der Waals surface area contributed by atoms with Crippen LogP contribution in [0.1, 0.15) is 25.1 Å². The molecule has 2 heterocycles. The van der Waals surface area contributed by atoms with Crippen molar-refractivity contribution in [3.05, 3.63) is 17.5 Å². The molecule has 0 atom stereocenters. The molecule has 0 bridgehead atoms. The largest absolute Gasteiger partial charge is 0.464 e. The van der Waals surface area contributed by atoms with Crippen LogP contribution in [0.15, 0.2) is 6.20 Å². The Kier molecular flexibility index (Phi) is 4.91. The van der Waals surface area contributed by atoms with Crippen molar-refractivity contribution >= 4 is 11.9 Å². The smallest absolute Gasteiger partial charge is 0.323 e. The number of hydrogen-bond acceptors (Lipinski definition) is 7. The number of aromatic nitrogens is 5. The maximum absolute atomic E-state index is 5.35. The molecule has 0 aromatic carbocycles. The second-order valence-corrected chi connectivity index (χ2v) is 4.50. The Bertz CT molecular complexity index is 572. The van der Waals surface area contributed by atoms with E-state index in [-0.39, 0.29) is 0 Å². The Morgan fingerprint density at radius 2 is 1.86 bits per heavy atom. The second-order valence-electron chi connectivity index (χ2n) is 4.50. The molecule has 0 saturated heterocycles. The lowest BCUT2D eigenvalue weighted by molar-refractivity contribution is 0.312. The van der Waals surface area contributed by atoms with Gasteiger partial charge in [0.05, 0.1) is 12.3 Å². The quantitative estimate of drug-likeness (QED) is 0.796. The van der Waals surface area contributed by atoms with E-state index in [1.807, 2.05) is 34.0 Å². The number of hydrogen-bond donors (Lipinski definition) is 2. The Labute approximate surface area is 124 Å². The Hall–Kier alpha value is -2.38. The van der Waals surface area contributed by atoms with Crippen LogP contribution in [-0.2, 0) is 13.6 Å². The summed E-state index contributed by atoms with van der Waals surface area (Å²) in [5, 5.41) is 10.5. The predicted octanol–water partition coefficient (Wildman–Crippen LogP) is 1.36. The number of nitrogens with one attached hydrogen (secondary N) is 2. The van der Waals surface area contributed by atoms with Crippen molar-refractivity contribution in [2.24, 2.45) is 7.05 Å². The average Bonchev–Trinajstić information content (AvgIpc) is 2.75. The number of aryl methyl sites for hydroxylation is 2. The molecule has 2 N–H and O–H groups in total. The first kappa shape index (κ1) is 15.0. The van der Waals surface area contributed by atoms with Crippen LogP contribution in [-0.4, -0.2) is 37.9 Å². The Balaban J connectivity index is 2.12. The van der Waals surface area contributed by atoms with Crippen molar-refractivity contribution in [1.29, 1.82) is 0 Å². The summed E-state index contributed by atoms with van der Waals surface area (Å²) in [5.41, 5.74) is 2.08. The standard InChI is InChI=1S/C13H21N7O/c1-5-14-11-16-12(18-13(17-11)21-6-2)15-7-10-8-20(4)19-9(10)3/h8H,5-7H2,1-4H3,(H2,14,15,16,17,18). The zero-order chi connectivity index (χ0) is 15.2. The summed E-state index contributed by atoms with van der Waals surface area (Å²) in [7, 11) is 1.90. The lowest BCUT2D eigenvalue weighted by Gasteiger charge is -2.09. The molecular weight excluding hydrogens is 270 g/mol. The summed E-state index contributed by atoms with van der Waals surface area (Å²) >= 11 is 0. The molecule has 8 heteroatoms. The Morgan fingerprint density at radius 3 is 2.43 bits per heavy atom. The van der Waals surface area contributed by atoms with Crippen LogP contribution in [0.25, 0.3) is 0 Å². The lowest BCUT2D eigenvalue weighted by atomic mass is 10.3. The minimum Gasteiger partial charge on any atom is -0.464 e. The molecule has 2 aromatic rings. The van der Waals surface area contributed by atoms with Crippen LogP contribution < -0.4 is 15.4 Å². The van der Waals surface area contributed by atoms with Crippen LogP contribution in [0.5, 0.6) is 6.01 Å². The fourth-order valence-corrected chi connectivity index (χ4v) is 1.86. The summed E-state index contributed by atoms with van der Waals surface area (Å²) in [4.78, 5) is 12.7. The molecule has 2 aromatic heterocycles.